The largest absolute Gasteiger partial charge is 0.369 e. The summed E-state index contributed by atoms with van der Waals surface area (Å²) in [6, 6.07) is 9.48. The molecule has 1 aromatic carbocycles. The van der Waals surface area contributed by atoms with Crippen LogP contribution in [-0.4, -0.2) is 44.2 Å². The molecule has 1 unspecified atom stereocenters. The maximum Gasteiger partial charge on any atom is 0.0391 e. The number of piperazine rings is 1. The van der Waals surface area contributed by atoms with Crippen LogP contribution in [0.4, 0.5) is 5.69 Å². The number of nitrogens with zero attached hydrogens (tertiary/aromatic N) is 2. The summed E-state index contributed by atoms with van der Waals surface area (Å²) in [5.74, 6) is 0. The zero-order chi connectivity index (χ0) is 14.0. The third kappa shape index (κ3) is 3.28. The van der Waals surface area contributed by atoms with E-state index in [1.807, 2.05) is 0 Å². The topological polar surface area (TPSA) is 32.5 Å². The summed E-state index contributed by atoms with van der Waals surface area (Å²) in [4.78, 5) is 4.81. The van der Waals surface area contributed by atoms with Crippen LogP contribution in [0.5, 0.6) is 0 Å². The summed E-state index contributed by atoms with van der Waals surface area (Å²) in [6.07, 6.45) is 0. The molecule has 0 aromatic heterocycles. The minimum absolute atomic E-state index is 0.223. The molecule has 1 heterocycles. The lowest BCUT2D eigenvalue weighted by Crippen LogP contribution is -2.54. The number of anilines is 1. The van der Waals surface area contributed by atoms with Crippen molar-refractivity contribution in [3.8, 4) is 0 Å². The molecule has 2 rings (SSSR count). The van der Waals surface area contributed by atoms with Crippen molar-refractivity contribution in [2.75, 3.05) is 38.1 Å². The molecule has 1 saturated heterocycles. The van der Waals surface area contributed by atoms with Crippen molar-refractivity contribution >= 4 is 5.69 Å². The van der Waals surface area contributed by atoms with Gasteiger partial charge in [0.1, 0.15) is 0 Å². The molecule has 1 aliphatic rings. The van der Waals surface area contributed by atoms with Crippen molar-refractivity contribution in [2.24, 2.45) is 5.73 Å². The molecule has 106 valence electrons. The molecule has 0 bridgehead atoms. The summed E-state index contributed by atoms with van der Waals surface area (Å²) in [7, 11) is 2.16. The number of benzene rings is 1. The van der Waals surface area contributed by atoms with Gasteiger partial charge in [0.25, 0.3) is 0 Å². The monoisotopic (exact) mass is 261 g/mol. The van der Waals surface area contributed by atoms with E-state index in [4.69, 9.17) is 5.73 Å². The summed E-state index contributed by atoms with van der Waals surface area (Å²) in [5, 5.41) is 0. The molecule has 1 atom stereocenters. The highest BCUT2D eigenvalue weighted by Crippen LogP contribution is 2.25. The van der Waals surface area contributed by atoms with E-state index < -0.39 is 0 Å². The van der Waals surface area contributed by atoms with Gasteiger partial charge in [-0.15, -0.1) is 0 Å². The zero-order valence-corrected chi connectivity index (χ0v) is 12.7. The van der Waals surface area contributed by atoms with E-state index in [1.54, 1.807) is 0 Å². The van der Waals surface area contributed by atoms with Crippen LogP contribution in [0.15, 0.2) is 24.3 Å². The van der Waals surface area contributed by atoms with Crippen LogP contribution >= 0.6 is 0 Å². The molecule has 3 heteroatoms. The lowest BCUT2D eigenvalue weighted by atomic mass is 9.87. The number of rotatable bonds is 2. The highest BCUT2D eigenvalue weighted by Gasteiger charge is 2.23. The second kappa shape index (κ2) is 5.51. The van der Waals surface area contributed by atoms with Crippen molar-refractivity contribution in [1.82, 2.24) is 4.90 Å². The Balaban J connectivity index is 2.10. The van der Waals surface area contributed by atoms with Gasteiger partial charge in [0.2, 0.25) is 0 Å². The van der Waals surface area contributed by atoms with Gasteiger partial charge < -0.3 is 10.6 Å². The van der Waals surface area contributed by atoms with Crippen LogP contribution in [0, 0.1) is 0 Å². The van der Waals surface area contributed by atoms with E-state index in [1.165, 1.54) is 11.3 Å². The van der Waals surface area contributed by atoms with Crippen LogP contribution < -0.4 is 10.6 Å². The van der Waals surface area contributed by atoms with Crippen molar-refractivity contribution in [2.45, 2.75) is 32.2 Å². The molecule has 0 spiro atoms. The first kappa shape index (κ1) is 14.4. The quantitative estimate of drug-likeness (QED) is 0.884. The Morgan fingerprint density at radius 3 is 2.32 bits per heavy atom. The van der Waals surface area contributed by atoms with Crippen LogP contribution in [-0.2, 0) is 5.41 Å². The maximum absolute atomic E-state index is 5.85. The van der Waals surface area contributed by atoms with Gasteiger partial charge in [-0.3, -0.25) is 4.90 Å². The third-order valence-electron chi connectivity index (χ3n) is 4.15. The van der Waals surface area contributed by atoms with E-state index >= 15 is 0 Å². The van der Waals surface area contributed by atoms with Gasteiger partial charge >= 0.3 is 0 Å². The van der Waals surface area contributed by atoms with Crippen molar-refractivity contribution < 1.29 is 0 Å². The van der Waals surface area contributed by atoms with Gasteiger partial charge in [-0.25, -0.2) is 0 Å². The van der Waals surface area contributed by atoms with Gasteiger partial charge in [0.05, 0.1) is 0 Å². The average molecular weight is 261 g/mol. The van der Waals surface area contributed by atoms with E-state index in [2.05, 4.69) is 61.9 Å². The first-order valence-electron chi connectivity index (χ1n) is 7.17. The predicted molar refractivity (Wildman–Crippen MR) is 82.8 cm³/mol. The molecule has 1 fully saturated rings. The number of hydrogen-bond donors (Lipinski definition) is 1. The van der Waals surface area contributed by atoms with Gasteiger partial charge in [0.15, 0.2) is 0 Å². The van der Waals surface area contributed by atoms with Gasteiger partial charge in [-0.1, -0.05) is 32.9 Å². The average Bonchev–Trinajstić information content (AvgIpc) is 2.38. The fourth-order valence-corrected chi connectivity index (χ4v) is 2.61. The van der Waals surface area contributed by atoms with Crippen molar-refractivity contribution in [1.29, 1.82) is 0 Å². The summed E-state index contributed by atoms with van der Waals surface area (Å²) >= 11 is 0. The lowest BCUT2D eigenvalue weighted by Gasteiger charge is -2.40. The Labute approximate surface area is 117 Å². The Morgan fingerprint density at radius 1 is 1.16 bits per heavy atom. The van der Waals surface area contributed by atoms with Crippen LogP contribution in [0.25, 0.3) is 0 Å². The first-order chi connectivity index (χ1) is 8.91. The van der Waals surface area contributed by atoms with Crippen LogP contribution in [0.3, 0.4) is 0 Å². The minimum Gasteiger partial charge on any atom is -0.369 e. The molecule has 2 N–H and O–H groups in total. The molecular formula is C16H27N3. The molecule has 0 saturated carbocycles. The fourth-order valence-electron chi connectivity index (χ4n) is 2.61. The second-order valence-corrected chi connectivity index (χ2v) is 6.61. The van der Waals surface area contributed by atoms with E-state index in [0.717, 1.165) is 26.2 Å². The fraction of sp³-hybridized carbons (Fsp3) is 0.625. The Bertz CT molecular complexity index is 405. The molecular weight excluding hydrogens is 234 g/mol. The van der Waals surface area contributed by atoms with Crippen LogP contribution in [0.1, 0.15) is 26.3 Å². The Hall–Kier alpha value is -1.06. The standard InChI is InChI=1S/C16H27N3/c1-16(2,3)13-5-7-14(8-6-13)19-10-9-18(4)15(11-17)12-19/h5-8,15H,9-12,17H2,1-4H3. The maximum atomic E-state index is 5.85. The second-order valence-electron chi connectivity index (χ2n) is 6.61. The Kier molecular flexibility index (Phi) is 4.16. The number of hydrogen-bond acceptors (Lipinski definition) is 3. The van der Waals surface area contributed by atoms with Gasteiger partial charge in [-0.2, -0.15) is 0 Å². The van der Waals surface area contributed by atoms with Crippen molar-refractivity contribution in [3.05, 3.63) is 29.8 Å². The van der Waals surface area contributed by atoms with Gasteiger partial charge in [-0.05, 0) is 30.2 Å². The van der Waals surface area contributed by atoms with Crippen molar-refractivity contribution in [3.63, 3.8) is 0 Å². The zero-order valence-electron chi connectivity index (χ0n) is 12.7. The molecule has 1 aliphatic heterocycles. The molecule has 1 aromatic rings. The summed E-state index contributed by atoms with van der Waals surface area (Å²) in [5.41, 5.74) is 8.78. The number of likely N-dealkylation sites (N-methyl/N-ethyl adjacent to an activating group) is 1. The SMILES string of the molecule is CN1CCN(c2ccc(C(C)(C)C)cc2)CC1CN. The number of nitrogens with two attached hydrogens (primary N) is 1. The lowest BCUT2D eigenvalue weighted by molar-refractivity contribution is 0.224. The predicted octanol–water partition coefficient (Wildman–Crippen LogP) is 2.06. The molecule has 0 aliphatic carbocycles. The van der Waals surface area contributed by atoms with E-state index in [0.29, 0.717) is 6.04 Å². The molecule has 0 radical (unpaired) electrons. The highest BCUT2D eigenvalue weighted by molar-refractivity contribution is 5.49. The molecule has 3 nitrogen and oxygen atoms in total. The normalized spacial score (nSPS) is 21.7. The minimum atomic E-state index is 0.223. The molecule has 19 heavy (non-hydrogen) atoms. The van der Waals surface area contributed by atoms with Crippen LogP contribution in [0.2, 0.25) is 0 Å². The highest BCUT2D eigenvalue weighted by atomic mass is 15.3. The molecule has 0 amide bonds. The Morgan fingerprint density at radius 2 is 1.79 bits per heavy atom. The van der Waals surface area contributed by atoms with E-state index in [-0.39, 0.29) is 5.41 Å². The third-order valence-corrected chi connectivity index (χ3v) is 4.15. The van der Waals surface area contributed by atoms with Gasteiger partial charge in [0, 0.05) is 37.9 Å². The summed E-state index contributed by atoms with van der Waals surface area (Å²) in [6.45, 7) is 10.7. The smallest absolute Gasteiger partial charge is 0.0391 e. The first-order valence-corrected chi connectivity index (χ1v) is 7.17. The summed E-state index contributed by atoms with van der Waals surface area (Å²) < 4.78 is 0. The van der Waals surface area contributed by atoms with E-state index in [9.17, 15) is 0 Å².